The van der Waals surface area contributed by atoms with E-state index in [1.165, 1.54) is 6.20 Å². The molecule has 1 fully saturated rings. The first-order chi connectivity index (χ1) is 9.90. The number of aromatic nitrogens is 1. The molecule has 0 saturated carbocycles. The summed E-state index contributed by atoms with van der Waals surface area (Å²) in [5.74, 6) is -0.663. The molecule has 116 valence electrons. The summed E-state index contributed by atoms with van der Waals surface area (Å²) >= 11 is 0. The van der Waals surface area contributed by atoms with Crippen LogP contribution < -0.4 is 4.18 Å². The zero-order chi connectivity index (χ0) is 15.5. The van der Waals surface area contributed by atoms with Gasteiger partial charge in [-0.3, -0.25) is 9.78 Å². The molecule has 0 radical (unpaired) electrons. The first-order valence-electron chi connectivity index (χ1n) is 6.38. The third-order valence-electron chi connectivity index (χ3n) is 3.12. The van der Waals surface area contributed by atoms with Crippen LogP contribution in [-0.2, 0) is 15.2 Å². The Morgan fingerprint density at radius 3 is 3.00 bits per heavy atom. The van der Waals surface area contributed by atoms with Crippen molar-refractivity contribution in [2.24, 2.45) is 0 Å². The molecular formula is C12H15FN2O5S. The van der Waals surface area contributed by atoms with E-state index in [1.807, 2.05) is 6.92 Å². The Bertz CT molecular complexity index is 622. The van der Waals surface area contributed by atoms with Gasteiger partial charge in [0.15, 0.2) is 5.75 Å². The molecule has 0 aromatic carbocycles. The average molecular weight is 318 g/mol. The van der Waals surface area contributed by atoms with E-state index >= 15 is 0 Å². The Hall–Kier alpha value is -1.74. The SMILES string of the molecule is CCC1COCCN1C(=O)c1cncc(OS(=O)(=O)F)c1. The molecule has 2 heterocycles. The van der Waals surface area contributed by atoms with E-state index < -0.39 is 10.5 Å². The number of halogens is 1. The highest BCUT2D eigenvalue weighted by atomic mass is 32.3. The lowest BCUT2D eigenvalue weighted by atomic mass is 10.1. The van der Waals surface area contributed by atoms with Crippen molar-refractivity contribution >= 4 is 16.4 Å². The number of hydrogen-bond acceptors (Lipinski definition) is 6. The van der Waals surface area contributed by atoms with E-state index in [0.717, 1.165) is 18.7 Å². The maximum absolute atomic E-state index is 12.5. The van der Waals surface area contributed by atoms with Crippen LogP contribution in [0.5, 0.6) is 5.75 Å². The van der Waals surface area contributed by atoms with Crippen LogP contribution in [0.2, 0.25) is 0 Å². The first kappa shape index (κ1) is 15.6. The quantitative estimate of drug-likeness (QED) is 0.768. The van der Waals surface area contributed by atoms with Crippen LogP contribution in [-0.4, -0.2) is 50.0 Å². The Balaban J connectivity index is 2.20. The van der Waals surface area contributed by atoms with Gasteiger partial charge in [0.1, 0.15) is 0 Å². The molecular weight excluding hydrogens is 303 g/mol. The average Bonchev–Trinajstić information content (AvgIpc) is 2.45. The molecule has 1 atom stereocenters. The fraction of sp³-hybridized carbons (Fsp3) is 0.500. The van der Waals surface area contributed by atoms with E-state index in [-0.39, 0.29) is 23.3 Å². The van der Waals surface area contributed by atoms with Crippen molar-refractivity contribution in [3.8, 4) is 5.75 Å². The van der Waals surface area contributed by atoms with Gasteiger partial charge in [-0.05, 0) is 12.5 Å². The number of pyridine rings is 1. The molecule has 1 unspecified atom stereocenters. The number of ether oxygens (including phenoxy) is 1. The number of carbonyl (C=O) groups excluding carboxylic acids is 1. The van der Waals surface area contributed by atoms with Crippen LogP contribution in [0.1, 0.15) is 23.7 Å². The third-order valence-corrected chi connectivity index (χ3v) is 3.51. The summed E-state index contributed by atoms with van der Waals surface area (Å²) in [4.78, 5) is 17.8. The lowest BCUT2D eigenvalue weighted by Gasteiger charge is -2.35. The molecule has 0 spiro atoms. The Kier molecular flexibility index (Phi) is 4.73. The zero-order valence-corrected chi connectivity index (χ0v) is 12.2. The van der Waals surface area contributed by atoms with Crippen LogP contribution in [0.4, 0.5) is 3.89 Å². The molecule has 0 bridgehead atoms. The van der Waals surface area contributed by atoms with Gasteiger partial charge in [-0.25, -0.2) is 0 Å². The number of amides is 1. The number of rotatable bonds is 4. The van der Waals surface area contributed by atoms with Gasteiger partial charge in [0.25, 0.3) is 5.91 Å². The fourth-order valence-electron chi connectivity index (χ4n) is 2.12. The minimum absolute atomic E-state index is 0.0549. The van der Waals surface area contributed by atoms with E-state index in [2.05, 4.69) is 9.17 Å². The van der Waals surface area contributed by atoms with Crippen molar-refractivity contribution < 1.29 is 26.0 Å². The number of carbonyl (C=O) groups is 1. The van der Waals surface area contributed by atoms with E-state index in [0.29, 0.717) is 19.8 Å². The molecule has 1 aromatic rings. The molecule has 7 nitrogen and oxygen atoms in total. The summed E-state index contributed by atoms with van der Waals surface area (Å²) in [6.45, 7) is 3.26. The number of hydrogen-bond donors (Lipinski definition) is 0. The van der Waals surface area contributed by atoms with Gasteiger partial charge in [0, 0.05) is 12.7 Å². The van der Waals surface area contributed by atoms with Gasteiger partial charge in [0.2, 0.25) is 0 Å². The summed E-state index contributed by atoms with van der Waals surface area (Å²) < 4.78 is 42.8. The highest BCUT2D eigenvalue weighted by molar-refractivity contribution is 7.81. The second-order valence-electron chi connectivity index (χ2n) is 4.52. The molecule has 1 saturated heterocycles. The number of morpholine rings is 1. The maximum Gasteiger partial charge on any atom is 0.488 e. The molecule has 1 aromatic heterocycles. The van der Waals surface area contributed by atoms with Gasteiger partial charge in [-0.15, -0.1) is 0 Å². The molecule has 9 heteroatoms. The lowest BCUT2D eigenvalue weighted by Crippen LogP contribution is -2.48. The van der Waals surface area contributed by atoms with Gasteiger partial charge < -0.3 is 13.8 Å². The van der Waals surface area contributed by atoms with E-state index in [9.17, 15) is 17.1 Å². The van der Waals surface area contributed by atoms with Crippen LogP contribution in [0.15, 0.2) is 18.5 Å². The highest BCUT2D eigenvalue weighted by Crippen LogP contribution is 2.18. The van der Waals surface area contributed by atoms with E-state index in [4.69, 9.17) is 4.74 Å². The van der Waals surface area contributed by atoms with Crippen molar-refractivity contribution in [2.75, 3.05) is 19.8 Å². The standard InChI is InChI=1S/C12H15FN2O5S/c1-2-10-8-19-4-3-15(10)12(16)9-5-11(7-14-6-9)20-21(13,17)18/h5-7,10H,2-4,8H2,1H3. The van der Waals surface area contributed by atoms with Crippen LogP contribution >= 0.6 is 0 Å². The molecule has 21 heavy (non-hydrogen) atoms. The summed E-state index contributed by atoms with van der Waals surface area (Å²) in [7, 11) is -5.14. The van der Waals surface area contributed by atoms with Crippen LogP contribution in [0.25, 0.3) is 0 Å². The maximum atomic E-state index is 12.5. The highest BCUT2D eigenvalue weighted by Gasteiger charge is 2.27. The molecule has 1 aliphatic heterocycles. The predicted molar refractivity (Wildman–Crippen MR) is 70.8 cm³/mol. The second-order valence-corrected chi connectivity index (χ2v) is 5.47. The van der Waals surface area contributed by atoms with Crippen molar-refractivity contribution in [2.45, 2.75) is 19.4 Å². The minimum atomic E-state index is -5.14. The zero-order valence-electron chi connectivity index (χ0n) is 11.4. The molecule has 0 aliphatic carbocycles. The predicted octanol–water partition coefficient (Wildman–Crippen LogP) is 0.926. The van der Waals surface area contributed by atoms with Gasteiger partial charge in [-0.2, -0.15) is 8.42 Å². The number of nitrogens with zero attached hydrogens (tertiary/aromatic N) is 2. The Labute approximate surface area is 122 Å². The minimum Gasteiger partial charge on any atom is -0.377 e. The largest absolute Gasteiger partial charge is 0.488 e. The Morgan fingerprint density at radius 1 is 1.57 bits per heavy atom. The topological polar surface area (TPSA) is 85.8 Å². The first-order valence-corrected chi connectivity index (χ1v) is 7.69. The molecule has 1 amide bonds. The summed E-state index contributed by atoms with van der Waals surface area (Å²) in [6, 6.07) is 1.09. The summed E-state index contributed by atoms with van der Waals surface area (Å²) in [5.41, 5.74) is 0.136. The summed E-state index contributed by atoms with van der Waals surface area (Å²) in [5, 5.41) is 0. The van der Waals surface area contributed by atoms with Gasteiger partial charge in [0.05, 0.1) is 31.0 Å². The van der Waals surface area contributed by atoms with E-state index in [1.54, 1.807) is 4.90 Å². The summed E-state index contributed by atoms with van der Waals surface area (Å²) in [6.07, 6.45) is 3.03. The fourth-order valence-corrected chi connectivity index (χ4v) is 2.44. The molecule has 1 aliphatic rings. The van der Waals surface area contributed by atoms with Crippen molar-refractivity contribution in [3.05, 3.63) is 24.0 Å². The van der Waals surface area contributed by atoms with Gasteiger partial charge >= 0.3 is 10.5 Å². The smallest absolute Gasteiger partial charge is 0.377 e. The van der Waals surface area contributed by atoms with Crippen molar-refractivity contribution in [1.82, 2.24) is 9.88 Å². The Morgan fingerprint density at radius 2 is 2.33 bits per heavy atom. The van der Waals surface area contributed by atoms with Crippen molar-refractivity contribution in [3.63, 3.8) is 0 Å². The van der Waals surface area contributed by atoms with Crippen LogP contribution in [0.3, 0.4) is 0 Å². The third kappa shape index (κ3) is 4.11. The molecule has 2 rings (SSSR count). The van der Waals surface area contributed by atoms with Crippen molar-refractivity contribution in [1.29, 1.82) is 0 Å². The lowest BCUT2D eigenvalue weighted by molar-refractivity contribution is -0.00283. The second kappa shape index (κ2) is 6.35. The van der Waals surface area contributed by atoms with Crippen LogP contribution in [0, 0.1) is 0 Å². The monoisotopic (exact) mass is 318 g/mol. The molecule has 0 N–H and O–H groups in total. The normalized spacial score (nSPS) is 19.3. The van der Waals surface area contributed by atoms with Gasteiger partial charge in [-0.1, -0.05) is 10.8 Å².